The van der Waals surface area contributed by atoms with Crippen LogP contribution in [-0.4, -0.2) is 87.0 Å². The van der Waals surface area contributed by atoms with E-state index in [1.54, 1.807) is 12.1 Å². The summed E-state index contributed by atoms with van der Waals surface area (Å²) in [6.45, 7) is -0.412. The van der Waals surface area contributed by atoms with Gasteiger partial charge in [0.1, 0.15) is 58.4 Å². The molecule has 37 heavy (non-hydrogen) atoms. The first kappa shape index (κ1) is 25.4. The summed E-state index contributed by atoms with van der Waals surface area (Å²) < 4.78 is 28.3. The lowest BCUT2D eigenvalue weighted by atomic mass is 9.99. The van der Waals surface area contributed by atoms with Crippen LogP contribution >= 0.6 is 0 Å². The predicted octanol–water partition coefficient (Wildman–Crippen LogP) is 0.181. The third kappa shape index (κ3) is 5.00. The lowest BCUT2D eigenvalue weighted by Crippen LogP contribution is -2.62. The Labute approximate surface area is 209 Å². The van der Waals surface area contributed by atoms with Crippen molar-refractivity contribution in [2.45, 2.75) is 49.5 Å². The first-order valence-corrected chi connectivity index (χ1v) is 11.6. The van der Waals surface area contributed by atoms with Crippen molar-refractivity contribution in [1.82, 2.24) is 0 Å². The van der Waals surface area contributed by atoms with E-state index in [0.717, 1.165) is 6.07 Å². The summed E-state index contributed by atoms with van der Waals surface area (Å²) in [4.78, 5) is 12.7. The average Bonchev–Trinajstić information content (AvgIpc) is 3.27. The Kier molecular flexibility index (Phi) is 7.05. The fourth-order valence-electron chi connectivity index (χ4n) is 4.35. The van der Waals surface area contributed by atoms with Gasteiger partial charge >= 0.3 is 0 Å². The highest BCUT2D eigenvalue weighted by Gasteiger charge is 2.48. The van der Waals surface area contributed by atoms with Crippen LogP contribution in [0.15, 0.2) is 51.7 Å². The molecule has 3 aromatic rings. The largest absolute Gasteiger partial charge is 0.508 e. The summed E-state index contributed by atoms with van der Waals surface area (Å²) in [5, 5.41) is 60.6. The van der Waals surface area contributed by atoms with E-state index in [0.29, 0.717) is 12.0 Å². The van der Waals surface area contributed by atoms with Gasteiger partial charge in [0.15, 0.2) is 17.8 Å². The molecular weight excluding hydrogens is 492 g/mol. The molecule has 12 heteroatoms. The summed E-state index contributed by atoms with van der Waals surface area (Å²) in [7, 11) is 0. The standard InChI is InChI=1S/C25H26O12/c26-10-19-21(31)22(32)23(37-24-14(28)5-6-33-24)25(36-19)34-13-7-15(29)20-16(30)9-17(35-18(20)8-13)11-1-3-12(27)4-2-11/h1-4,7-9,14,19,21-29,31-32H,5-6,10H2/t14-,19-,21+,22+,23+,24+,25-/m0/s1. The summed E-state index contributed by atoms with van der Waals surface area (Å²) in [6, 6.07) is 9.65. The fourth-order valence-corrected chi connectivity index (χ4v) is 4.35. The van der Waals surface area contributed by atoms with Crippen molar-refractivity contribution in [3.8, 4) is 28.6 Å². The second kappa shape index (κ2) is 10.3. The van der Waals surface area contributed by atoms with Gasteiger partial charge in [0, 0.05) is 30.2 Å². The number of fused-ring (bicyclic) bond motifs is 1. The number of aliphatic hydroxyl groups excluding tert-OH is 4. The lowest BCUT2D eigenvalue weighted by molar-refractivity contribution is -0.317. The third-order valence-electron chi connectivity index (χ3n) is 6.31. The van der Waals surface area contributed by atoms with Crippen LogP contribution in [0.4, 0.5) is 0 Å². The van der Waals surface area contributed by atoms with Crippen LogP contribution in [0.3, 0.4) is 0 Å². The van der Waals surface area contributed by atoms with Gasteiger partial charge in [-0.1, -0.05) is 0 Å². The van der Waals surface area contributed by atoms with Crippen molar-refractivity contribution in [3.05, 3.63) is 52.7 Å². The molecule has 2 aromatic carbocycles. The Morgan fingerprint density at radius 2 is 1.73 bits per heavy atom. The molecule has 0 bridgehead atoms. The Balaban J connectivity index is 1.48. The molecule has 0 spiro atoms. The van der Waals surface area contributed by atoms with Crippen molar-refractivity contribution >= 4 is 11.0 Å². The first-order valence-electron chi connectivity index (χ1n) is 11.6. The topological polar surface area (TPSA) is 189 Å². The van der Waals surface area contributed by atoms with Crippen LogP contribution in [0.25, 0.3) is 22.3 Å². The normalized spacial score (nSPS) is 30.0. The highest BCUT2D eigenvalue weighted by atomic mass is 16.8. The van der Waals surface area contributed by atoms with Gasteiger partial charge in [-0.25, -0.2) is 0 Å². The number of phenols is 2. The van der Waals surface area contributed by atoms with Crippen molar-refractivity contribution in [2.24, 2.45) is 0 Å². The molecule has 0 amide bonds. The highest BCUT2D eigenvalue weighted by molar-refractivity contribution is 5.86. The van der Waals surface area contributed by atoms with E-state index >= 15 is 0 Å². The zero-order chi connectivity index (χ0) is 26.3. The maximum atomic E-state index is 12.7. The van der Waals surface area contributed by atoms with Gasteiger partial charge in [0.05, 0.1) is 13.2 Å². The second-order valence-corrected chi connectivity index (χ2v) is 8.86. The van der Waals surface area contributed by atoms with E-state index in [-0.39, 0.29) is 34.8 Å². The van der Waals surface area contributed by atoms with Crippen LogP contribution < -0.4 is 10.2 Å². The molecule has 1 aromatic heterocycles. The molecule has 12 nitrogen and oxygen atoms in total. The van der Waals surface area contributed by atoms with Crippen LogP contribution in [0, 0.1) is 0 Å². The zero-order valence-corrected chi connectivity index (χ0v) is 19.3. The summed E-state index contributed by atoms with van der Waals surface area (Å²) >= 11 is 0. The smallest absolute Gasteiger partial charge is 0.229 e. The number of rotatable bonds is 6. The number of hydrogen-bond acceptors (Lipinski definition) is 12. The molecule has 7 atom stereocenters. The Bertz CT molecular complexity index is 1310. The van der Waals surface area contributed by atoms with Crippen LogP contribution in [0.1, 0.15) is 6.42 Å². The molecule has 2 saturated heterocycles. The zero-order valence-electron chi connectivity index (χ0n) is 19.3. The number of aromatic hydroxyl groups is 2. The monoisotopic (exact) mass is 518 g/mol. The number of aliphatic hydroxyl groups is 4. The van der Waals surface area contributed by atoms with Gasteiger partial charge in [0.25, 0.3) is 0 Å². The molecule has 3 heterocycles. The van der Waals surface area contributed by atoms with E-state index in [9.17, 15) is 35.4 Å². The minimum Gasteiger partial charge on any atom is -0.508 e. The Morgan fingerprint density at radius 3 is 2.41 bits per heavy atom. The molecule has 2 aliphatic heterocycles. The number of benzene rings is 2. The van der Waals surface area contributed by atoms with Crippen LogP contribution in [0.2, 0.25) is 0 Å². The molecule has 0 unspecified atom stereocenters. The molecule has 0 aliphatic carbocycles. The number of phenolic OH excluding ortho intramolecular Hbond substituents is 2. The molecule has 2 fully saturated rings. The molecule has 5 rings (SSSR count). The SMILES string of the molecule is O=c1cc(-c2ccc(O)cc2)oc2cc(O[C@H]3O[C@@H](CO)[C@@H](O)[C@@H](O)[C@H]3O[C@H]3OCC[C@@H]3O)cc(O)c12. The Morgan fingerprint density at radius 1 is 0.973 bits per heavy atom. The second-order valence-electron chi connectivity index (χ2n) is 8.86. The van der Waals surface area contributed by atoms with Crippen LogP contribution in [-0.2, 0) is 14.2 Å². The highest BCUT2D eigenvalue weighted by Crippen LogP contribution is 2.34. The minimum atomic E-state index is -1.58. The van der Waals surface area contributed by atoms with E-state index in [4.69, 9.17) is 23.4 Å². The summed E-state index contributed by atoms with van der Waals surface area (Å²) in [5.74, 6) is -0.271. The van der Waals surface area contributed by atoms with E-state index in [1.165, 1.54) is 24.3 Å². The van der Waals surface area contributed by atoms with Gasteiger partial charge in [0.2, 0.25) is 6.29 Å². The average molecular weight is 518 g/mol. The lowest BCUT2D eigenvalue weighted by Gasteiger charge is -2.42. The quantitative estimate of drug-likeness (QED) is 0.260. The number of hydrogen-bond donors (Lipinski definition) is 6. The van der Waals surface area contributed by atoms with Gasteiger partial charge in [-0.2, -0.15) is 0 Å². The van der Waals surface area contributed by atoms with Crippen LogP contribution in [0.5, 0.6) is 17.2 Å². The molecule has 0 saturated carbocycles. The van der Waals surface area contributed by atoms with E-state index in [1.807, 2.05) is 0 Å². The number of ether oxygens (including phenoxy) is 4. The van der Waals surface area contributed by atoms with Gasteiger partial charge < -0.3 is 54.0 Å². The summed E-state index contributed by atoms with van der Waals surface area (Å²) in [5.41, 5.74) is -0.0350. The third-order valence-corrected chi connectivity index (χ3v) is 6.31. The molecule has 0 radical (unpaired) electrons. The summed E-state index contributed by atoms with van der Waals surface area (Å²) in [6.07, 6.45) is -8.88. The van der Waals surface area contributed by atoms with Gasteiger partial charge in [-0.3, -0.25) is 4.79 Å². The van der Waals surface area contributed by atoms with Gasteiger partial charge in [-0.15, -0.1) is 0 Å². The molecule has 6 N–H and O–H groups in total. The van der Waals surface area contributed by atoms with Crippen molar-refractivity contribution in [2.75, 3.05) is 13.2 Å². The van der Waals surface area contributed by atoms with Crippen molar-refractivity contribution in [1.29, 1.82) is 0 Å². The first-order chi connectivity index (χ1) is 17.7. The molecular formula is C25H26O12. The van der Waals surface area contributed by atoms with Gasteiger partial charge in [-0.05, 0) is 24.3 Å². The van der Waals surface area contributed by atoms with Crippen molar-refractivity contribution in [3.63, 3.8) is 0 Å². The minimum absolute atomic E-state index is 0.0207. The molecule has 2 aliphatic rings. The molecule has 198 valence electrons. The predicted molar refractivity (Wildman–Crippen MR) is 125 cm³/mol. The Hall–Kier alpha value is -3.23. The van der Waals surface area contributed by atoms with E-state index in [2.05, 4.69) is 0 Å². The van der Waals surface area contributed by atoms with Crippen molar-refractivity contribution < 1.29 is 54.0 Å². The maximum absolute atomic E-state index is 12.7. The fraction of sp³-hybridized carbons (Fsp3) is 0.400. The van der Waals surface area contributed by atoms with E-state index < -0.39 is 60.9 Å². The maximum Gasteiger partial charge on any atom is 0.229 e.